The van der Waals surface area contributed by atoms with E-state index in [9.17, 15) is 25.0 Å². The Hall–Kier alpha value is -4.44. The summed E-state index contributed by atoms with van der Waals surface area (Å²) in [5.74, 6) is -0.380. The molecule has 2 amide bonds. The number of hydrogen-bond acceptors (Lipinski definition) is 7. The molecule has 0 bridgehead atoms. The Morgan fingerprint density at radius 3 is 2.46 bits per heavy atom. The van der Waals surface area contributed by atoms with Crippen LogP contribution in [0.4, 0.5) is 17.1 Å². The molecule has 0 unspecified atom stereocenters. The maximum Gasteiger partial charge on any atom is 0.271 e. The number of carbonyl (C=O) groups is 2. The molecule has 0 spiro atoms. The lowest BCUT2D eigenvalue weighted by molar-refractivity contribution is -0.384. The molecule has 39 heavy (non-hydrogen) atoms. The molecule has 0 saturated heterocycles. The van der Waals surface area contributed by atoms with Crippen molar-refractivity contribution in [3.8, 4) is 17.6 Å². The van der Waals surface area contributed by atoms with Crippen LogP contribution < -0.4 is 20.1 Å². The summed E-state index contributed by atoms with van der Waals surface area (Å²) in [6, 6.07) is 16.2. The Bertz CT molecular complexity index is 1500. The summed E-state index contributed by atoms with van der Waals surface area (Å²) < 4.78 is 12.1. The Morgan fingerprint density at radius 2 is 1.79 bits per heavy atom. The lowest BCUT2D eigenvalue weighted by Gasteiger charge is -2.15. The average Bonchev–Trinajstić information content (AvgIpc) is 2.89. The minimum Gasteiger partial charge on any atom is -0.490 e. The topological polar surface area (TPSA) is 144 Å². The molecule has 0 saturated carbocycles. The van der Waals surface area contributed by atoms with Crippen LogP contribution in [0.1, 0.15) is 23.6 Å². The highest BCUT2D eigenvalue weighted by atomic mass is 127. The molecule has 3 aromatic rings. The highest BCUT2D eigenvalue weighted by molar-refractivity contribution is 14.1. The van der Waals surface area contributed by atoms with Crippen LogP contribution >= 0.6 is 22.6 Å². The highest BCUT2D eigenvalue weighted by Crippen LogP contribution is 2.35. The quantitative estimate of drug-likeness (QED) is 0.0941. The van der Waals surface area contributed by atoms with E-state index >= 15 is 0 Å². The number of benzene rings is 3. The Balaban J connectivity index is 1.77. The smallest absolute Gasteiger partial charge is 0.271 e. The molecule has 3 aromatic carbocycles. The number of amides is 2. The van der Waals surface area contributed by atoms with Crippen molar-refractivity contribution < 1.29 is 24.0 Å². The molecule has 0 aliphatic heterocycles. The van der Waals surface area contributed by atoms with Gasteiger partial charge >= 0.3 is 0 Å². The lowest BCUT2D eigenvalue weighted by atomic mass is 10.1. The van der Waals surface area contributed by atoms with E-state index in [1.165, 1.54) is 30.3 Å². The largest absolute Gasteiger partial charge is 0.490 e. The normalized spacial score (nSPS) is 10.8. The molecule has 0 aliphatic rings. The summed E-state index contributed by atoms with van der Waals surface area (Å²) in [6.45, 7) is 5.80. The lowest BCUT2D eigenvalue weighted by Crippen LogP contribution is -2.20. The highest BCUT2D eigenvalue weighted by Gasteiger charge is 2.16. The second-order valence-electron chi connectivity index (χ2n) is 8.33. The van der Waals surface area contributed by atoms with Crippen molar-refractivity contribution in [2.75, 3.05) is 23.8 Å². The van der Waals surface area contributed by atoms with Gasteiger partial charge in [0.05, 0.1) is 15.1 Å². The molecule has 0 heterocycles. The molecular weight excluding hydrogens is 615 g/mol. The first-order valence-electron chi connectivity index (χ1n) is 11.7. The van der Waals surface area contributed by atoms with E-state index in [-0.39, 0.29) is 29.5 Å². The van der Waals surface area contributed by atoms with Crippen LogP contribution in [0.2, 0.25) is 0 Å². The fourth-order valence-electron chi connectivity index (χ4n) is 3.44. The van der Waals surface area contributed by atoms with Crippen LogP contribution in [-0.2, 0) is 9.59 Å². The molecule has 200 valence electrons. The van der Waals surface area contributed by atoms with Gasteiger partial charge in [0.1, 0.15) is 11.6 Å². The third-order valence-corrected chi connectivity index (χ3v) is 6.26. The number of ether oxygens (including phenoxy) is 2. The van der Waals surface area contributed by atoms with Gasteiger partial charge in [-0.1, -0.05) is 12.1 Å². The van der Waals surface area contributed by atoms with E-state index in [0.29, 0.717) is 32.9 Å². The molecule has 0 atom stereocenters. The first kappa shape index (κ1) is 29.1. The predicted octanol–water partition coefficient (Wildman–Crippen LogP) is 5.78. The maximum absolute atomic E-state index is 12.7. The van der Waals surface area contributed by atoms with Crippen molar-refractivity contribution in [3.63, 3.8) is 0 Å². The number of anilines is 2. The average molecular weight is 640 g/mol. The first-order chi connectivity index (χ1) is 18.6. The maximum atomic E-state index is 12.7. The second kappa shape index (κ2) is 13.4. The van der Waals surface area contributed by atoms with Gasteiger partial charge in [0.25, 0.3) is 17.5 Å². The van der Waals surface area contributed by atoms with Crippen molar-refractivity contribution in [3.05, 3.63) is 90.5 Å². The van der Waals surface area contributed by atoms with Gasteiger partial charge < -0.3 is 20.1 Å². The molecule has 0 fully saturated rings. The summed E-state index contributed by atoms with van der Waals surface area (Å²) in [6.07, 6.45) is 1.37. The number of carbonyl (C=O) groups excluding carboxylic acids is 2. The van der Waals surface area contributed by atoms with Crippen LogP contribution in [0.25, 0.3) is 6.08 Å². The molecule has 11 heteroatoms. The number of hydrogen-bond donors (Lipinski definition) is 2. The van der Waals surface area contributed by atoms with E-state index in [1.54, 1.807) is 19.1 Å². The molecular formula is C28H25IN4O6. The van der Waals surface area contributed by atoms with Gasteiger partial charge in [0, 0.05) is 23.5 Å². The fourth-order valence-corrected chi connectivity index (χ4v) is 4.22. The van der Waals surface area contributed by atoms with Gasteiger partial charge in [-0.3, -0.25) is 19.7 Å². The van der Waals surface area contributed by atoms with Crippen molar-refractivity contribution >= 4 is 57.5 Å². The van der Waals surface area contributed by atoms with Gasteiger partial charge in [0.15, 0.2) is 18.1 Å². The summed E-state index contributed by atoms with van der Waals surface area (Å²) in [5.41, 5.74) is 3.10. The van der Waals surface area contributed by atoms with Crippen LogP contribution in [-0.4, -0.2) is 30.0 Å². The van der Waals surface area contributed by atoms with E-state index in [4.69, 9.17) is 9.47 Å². The minimum atomic E-state index is -0.727. The number of rotatable bonds is 10. The number of nitro groups is 1. The van der Waals surface area contributed by atoms with E-state index in [2.05, 4.69) is 10.6 Å². The van der Waals surface area contributed by atoms with E-state index < -0.39 is 10.8 Å². The number of nitrogens with zero attached hydrogens (tertiary/aromatic N) is 2. The number of nitrogens with one attached hydrogen (secondary N) is 2. The SMILES string of the molecule is CCOc1cc(/C=C(/C#N)C(=O)Nc2cccc([N+](=O)[O-])c2)cc(I)c1OCC(=O)Nc1ccc(C)c(C)c1. The Morgan fingerprint density at radius 1 is 1.05 bits per heavy atom. The third-order valence-electron chi connectivity index (χ3n) is 5.46. The van der Waals surface area contributed by atoms with E-state index in [1.807, 2.05) is 60.7 Å². The van der Waals surface area contributed by atoms with Crippen molar-refractivity contribution in [2.45, 2.75) is 20.8 Å². The van der Waals surface area contributed by atoms with Crippen LogP contribution in [0.5, 0.6) is 11.5 Å². The van der Waals surface area contributed by atoms with Gasteiger partial charge in [-0.15, -0.1) is 0 Å². The van der Waals surface area contributed by atoms with Crippen LogP contribution in [0.3, 0.4) is 0 Å². The van der Waals surface area contributed by atoms with Gasteiger partial charge in [-0.2, -0.15) is 5.26 Å². The zero-order valence-corrected chi connectivity index (χ0v) is 23.6. The van der Waals surface area contributed by atoms with Crippen LogP contribution in [0, 0.1) is 38.9 Å². The minimum absolute atomic E-state index is 0.183. The Kier molecular flexibility index (Phi) is 9.99. The summed E-state index contributed by atoms with van der Waals surface area (Å²) in [5, 5.41) is 25.9. The Labute approximate surface area is 238 Å². The predicted molar refractivity (Wildman–Crippen MR) is 156 cm³/mol. The van der Waals surface area contributed by atoms with Gasteiger partial charge in [-0.05, 0) is 96.5 Å². The van der Waals surface area contributed by atoms with Crippen molar-refractivity contribution in [2.24, 2.45) is 0 Å². The first-order valence-corrected chi connectivity index (χ1v) is 12.8. The van der Waals surface area contributed by atoms with E-state index in [0.717, 1.165) is 11.1 Å². The second-order valence-corrected chi connectivity index (χ2v) is 9.49. The summed E-state index contributed by atoms with van der Waals surface area (Å²) in [4.78, 5) is 35.6. The molecule has 0 radical (unpaired) electrons. The number of aryl methyl sites for hydroxylation is 2. The monoisotopic (exact) mass is 640 g/mol. The molecule has 10 nitrogen and oxygen atoms in total. The van der Waals surface area contributed by atoms with Crippen molar-refractivity contribution in [1.29, 1.82) is 5.26 Å². The molecule has 0 aromatic heterocycles. The number of nitriles is 1. The zero-order valence-electron chi connectivity index (χ0n) is 21.4. The summed E-state index contributed by atoms with van der Waals surface area (Å²) >= 11 is 2.02. The van der Waals surface area contributed by atoms with Gasteiger partial charge in [-0.25, -0.2) is 0 Å². The zero-order chi connectivity index (χ0) is 28.5. The number of halogens is 1. The van der Waals surface area contributed by atoms with Gasteiger partial charge in [0.2, 0.25) is 0 Å². The van der Waals surface area contributed by atoms with Crippen molar-refractivity contribution in [1.82, 2.24) is 0 Å². The summed E-state index contributed by atoms with van der Waals surface area (Å²) in [7, 11) is 0. The number of nitro benzene ring substituents is 1. The number of non-ortho nitro benzene ring substituents is 1. The molecule has 2 N–H and O–H groups in total. The third kappa shape index (κ3) is 8.02. The van der Waals surface area contributed by atoms with Crippen LogP contribution in [0.15, 0.2) is 60.2 Å². The fraction of sp³-hybridized carbons (Fsp3) is 0.179. The molecule has 3 rings (SSSR count). The molecule has 0 aliphatic carbocycles. The standard InChI is InChI=1S/C28H25IN4O6/c1-4-38-25-13-19(11-20(15-30)28(35)32-21-6-5-7-23(14-21)33(36)37)12-24(29)27(25)39-16-26(34)31-22-9-8-17(2)18(3)10-22/h5-14H,4,16H2,1-3H3,(H,31,34)(H,32,35)/b20-11-.